The van der Waals surface area contributed by atoms with E-state index in [2.05, 4.69) is 35.5 Å². The van der Waals surface area contributed by atoms with Crippen LogP contribution in [0.4, 0.5) is 11.8 Å². The molecule has 2 fully saturated rings. The molecule has 0 spiro atoms. The maximum atomic E-state index is 6.38. The normalized spacial score (nSPS) is 16.5. The first-order valence-corrected chi connectivity index (χ1v) is 11.5. The van der Waals surface area contributed by atoms with Crippen LogP contribution in [0.2, 0.25) is 0 Å². The fraction of sp³-hybridized carbons (Fsp3) is 0.545. The molecular formula is C22H30N8O2. The van der Waals surface area contributed by atoms with E-state index >= 15 is 0 Å². The third kappa shape index (κ3) is 4.69. The molecule has 2 aliphatic rings. The van der Waals surface area contributed by atoms with Gasteiger partial charge in [-0.15, -0.1) is 0 Å². The van der Waals surface area contributed by atoms with Crippen LogP contribution >= 0.6 is 0 Å². The Morgan fingerprint density at radius 2 is 2.09 bits per heavy atom. The van der Waals surface area contributed by atoms with Gasteiger partial charge >= 0.3 is 0 Å². The zero-order valence-corrected chi connectivity index (χ0v) is 18.4. The van der Waals surface area contributed by atoms with Gasteiger partial charge in [0.2, 0.25) is 11.8 Å². The number of nitrogens with one attached hydrogen (secondary N) is 2. The lowest BCUT2D eigenvalue weighted by Gasteiger charge is -2.17. The van der Waals surface area contributed by atoms with Crippen LogP contribution in [0.15, 0.2) is 16.7 Å². The average Bonchev–Trinajstić information content (AvgIpc) is 3.19. The first-order chi connectivity index (χ1) is 15.7. The number of nitrogen functional groups attached to an aromatic ring is 1. The van der Waals surface area contributed by atoms with Crippen molar-refractivity contribution in [2.75, 3.05) is 37.3 Å². The smallest absolute Gasteiger partial charge is 0.230 e. The fourth-order valence-corrected chi connectivity index (χ4v) is 4.00. The second-order valence-corrected chi connectivity index (χ2v) is 8.48. The number of aromatic amines is 1. The highest BCUT2D eigenvalue weighted by Gasteiger charge is 2.27. The average molecular weight is 439 g/mol. The molecule has 5 rings (SSSR count). The molecule has 10 heteroatoms. The van der Waals surface area contributed by atoms with Gasteiger partial charge < -0.3 is 20.3 Å². The summed E-state index contributed by atoms with van der Waals surface area (Å²) in [6, 6.07) is 3.95. The summed E-state index contributed by atoms with van der Waals surface area (Å²) in [7, 11) is 0. The van der Waals surface area contributed by atoms with Gasteiger partial charge in [-0.2, -0.15) is 15.1 Å². The molecule has 10 nitrogen and oxygen atoms in total. The summed E-state index contributed by atoms with van der Waals surface area (Å²) in [6.45, 7) is 6.09. The molecule has 0 unspecified atom stereocenters. The minimum Gasteiger partial charge on any atom is -0.476 e. The maximum absolute atomic E-state index is 6.38. The number of rotatable bonds is 10. The molecule has 0 bridgehead atoms. The van der Waals surface area contributed by atoms with E-state index in [0.29, 0.717) is 48.0 Å². The van der Waals surface area contributed by atoms with Crippen LogP contribution in [-0.2, 0) is 13.0 Å². The van der Waals surface area contributed by atoms with Crippen LogP contribution < -0.4 is 15.8 Å². The number of aryl methyl sites for hydroxylation is 1. The van der Waals surface area contributed by atoms with Crippen LogP contribution in [0.25, 0.3) is 11.3 Å². The van der Waals surface area contributed by atoms with Crippen molar-refractivity contribution in [3.63, 3.8) is 0 Å². The standard InChI is InChI=1S/C22H30N8O2/c1-2-15-11-16(32-29-15)13-24-22-25-20(23)19(18-12-17(27-28-18)14-5-6-14)21(26-22)31-10-9-30-7-3-4-8-30/h11-12,14H,2-10,13H2,1H3,(H,27,28)(H3,23,24,25,26). The lowest BCUT2D eigenvalue weighted by atomic mass is 10.2. The van der Waals surface area contributed by atoms with E-state index < -0.39 is 0 Å². The Bertz CT molecular complexity index is 1050. The molecule has 0 atom stereocenters. The Balaban J connectivity index is 1.36. The number of H-pyrrole nitrogens is 1. The molecule has 1 aliphatic carbocycles. The monoisotopic (exact) mass is 438 g/mol. The Kier molecular flexibility index (Phi) is 5.93. The minimum absolute atomic E-state index is 0.344. The molecule has 32 heavy (non-hydrogen) atoms. The van der Waals surface area contributed by atoms with Crippen LogP contribution in [0.3, 0.4) is 0 Å². The second kappa shape index (κ2) is 9.15. The highest BCUT2D eigenvalue weighted by atomic mass is 16.5. The number of aromatic nitrogens is 5. The van der Waals surface area contributed by atoms with Gasteiger partial charge in [0.25, 0.3) is 0 Å². The highest BCUT2D eigenvalue weighted by molar-refractivity contribution is 5.77. The molecule has 3 aromatic heterocycles. The maximum Gasteiger partial charge on any atom is 0.230 e. The van der Waals surface area contributed by atoms with Crippen molar-refractivity contribution in [3.05, 3.63) is 29.3 Å². The fourth-order valence-electron chi connectivity index (χ4n) is 4.00. The first kappa shape index (κ1) is 20.7. The molecule has 4 N–H and O–H groups in total. The molecule has 1 saturated heterocycles. The van der Waals surface area contributed by atoms with Gasteiger partial charge in [0, 0.05) is 18.5 Å². The van der Waals surface area contributed by atoms with Crippen molar-refractivity contribution in [1.29, 1.82) is 0 Å². The van der Waals surface area contributed by atoms with Crippen molar-refractivity contribution < 1.29 is 9.26 Å². The van der Waals surface area contributed by atoms with E-state index in [4.69, 9.17) is 15.0 Å². The largest absolute Gasteiger partial charge is 0.476 e. The third-order valence-corrected chi connectivity index (χ3v) is 6.00. The quantitative estimate of drug-likeness (QED) is 0.437. The number of hydrogen-bond donors (Lipinski definition) is 3. The predicted octanol–water partition coefficient (Wildman–Crippen LogP) is 2.96. The summed E-state index contributed by atoms with van der Waals surface area (Å²) in [6.07, 6.45) is 5.68. The zero-order chi connectivity index (χ0) is 21.9. The molecule has 0 aromatic carbocycles. The predicted molar refractivity (Wildman–Crippen MR) is 120 cm³/mol. The first-order valence-electron chi connectivity index (χ1n) is 11.5. The van der Waals surface area contributed by atoms with Crippen LogP contribution in [-0.4, -0.2) is 56.5 Å². The van der Waals surface area contributed by atoms with Crippen LogP contribution in [0.5, 0.6) is 5.88 Å². The second-order valence-electron chi connectivity index (χ2n) is 8.48. The van der Waals surface area contributed by atoms with E-state index in [9.17, 15) is 0 Å². The molecule has 170 valence electrons. The summed E-state index contributed by atoms with van der Waals surface area (Å²) < 4.78 is 11.5. The molecule has 0 radical (unpaired) electrons. The summed E-state index contributed by atoms with van der Waals surface area (Å²) in [4.78, 5) is 11.5. The van der Waals surface area contributed by atoms with Crippen molar-refractivity contribution >= 4 is 11.8 Å². The van der Waals surface area contributed by atoms with Gasteiger partial charge in [-0.25, -0.2) is 0 Å². The van der Waals surface area contributed by atoms with Gasteiger partial charge in [0.15, 0.2) is 5.76 Å². The highest BCUT2D eigenvalue weighted by Crippen LogP contribution is 2.41. The number of likely N-dealkylation sites (tertiary alicyclic amines) is 1. The summed E-state index contributed by atoms with van der Waals surface area (Å²) in [5, 5.41) is 14.7. The van der Waals surface area contributed by atoms with Crippen molar-refractivity contribution in [2.45, 2.75) is 51.5 Å². The molecular weight excluding hydrogens is 408 g/mol. The van der Waals surface area contributed by atoms with Crippen LogP contribution in [0, 0.1) is 0 Å². The number of nitrogens with two attached hydrogens (primary N) is 1. The number of ether oxygens (including phenoxy) is 1. The third-order valence-electron chi connectivity index (χ3n) is 6.00. The van der Waals surface area contributed by atoms with Gasteiger partial charge in [-0.3, -0.25) is 10.00 Å². The van der Waals surface area contributed by atoms with Crippen molar-refractivity contribution in [1.82, 2.24) is 30.2 Å². The summed E-state index contributed by atoms with van der Waals surface area (Å²) >= 11 is 0. The van der Waals surface area contributed by atoms with Crippen molar-refractivity contribution in [3.8, 4) is 17.1 Å². The van der Waals surface area contributed by atoms with Gasteiger partial charge in [-0.1, -0.05) is 12.1 Å². The van der Waals surface area contributed by atoms with E-state index in [1.54, 1.807) is 0 Å². The Labute approximate surface area is 186 Å². The van der Waals surface area contributed by atoms with Gasteiger partial charge in [0.05, 0.1) is 23.6 Å². The number of hydrogen-bond acceptors (Lipinski definition) is 9. The lowest BCUT2D eigenvalue weighted by Crippen LogP contribution is -2.25. The van der Waals surface area contributed by atoms with Gasteiger partial charge in [-0.05, 0) is 51.3 Å². The number of anilines is 2. The Morgan fingerprint density at radius 3 is 2.84 bits per heavy atom. The van der Waals surface area contributed by atoms with Crippen LogP contribution in [0.1, 0.15) is 55.7 Å². The Hall–Kier alpha value is -3.14. The van der Waals surface area contributed by atoms with Gasteiger partial charge in [0.1, 0.15) is 18.0 Å². The molecule has 0 amide bonds. The Morgan fingerprint density at radius 1 is 1.25 bits per heavy atom. The summed E-state index contributed by atoms with van der Waals surface area (Å²) in [5.74, 6) is 2.44. The molecule has 3 aromatic rings. The van der Waals surface area contributed by atoms with E-state index in [0.717, 1.165) is 43.1 Å². The molecule has 4 heterocycles. The lowest BCUT2D eigenvalue weighted by molar-refractivity contribution is 0.232. The summed E-state index contributed by atoms with van der Waals surface area (Å²) in [5.41, 5.74) is 9.79. The molecule has 1 aliphatic heterocycles. The van der Waals surface area contributed by atoms with Crippen molar-refractivity contribution in [2.24, 2.45) is 0 Å². The topological polar surface area (TPSA) is 131 Å². The van der Waals surface area contributed by atoms with E-state index in [-0.39, 0.29) is 0 Å². The number of nitrogens with zero attached hydrogens (tertiary/aromatic N) is 5. The minimum atomic E-state index is 0.344. The molecule has 1 saturated carbocycles. The van der Waals surface area contributed by atoms with E-state index in [1.807, 2.05) is 19.1 Å². The van der Waals surface area contributed by atoms with E-state index in [1.165, 1.54) is 25.7 Å². The SMILES string of the molecule is CCc1cc(CNc2nc(N)c(-c3cc(C4CC4)n[nH]3)c(OCCN3CCCC3)n2)on1. The zero-order valence-electron chi connectivity index (χ0n) is 18.4.